The fourth-order valence-corrected chi connectivity index (χ4v) is 2.12. The van der Waals surface area contributed by atoms with E-state index in [4.69, 9.17) is 6.42 Å². The molecule has 1 rings (SSSR count). The molecule has 0 aromatic heterocycles. The summed E-state index contributed by atoms with van der Waals surface area (Å²) in [4.78, 5) is 0. The molecule has 0 spiro atoms. The lowest BCUT2D eigenvalue weighted by Crippen LogP contribution is -2.33. The summed E-state index contributed by atoms with van der Waals surface area (Å²) in [6.45, 7) is 6.79. The van der Waals surface area contributed by atoms with Crippen LogP contribution in [0.4, 0.5) is 0 Å². The van der Waals surface area contributed by atoms with E-state index in [1.165, 1.54) is 0 Å². The van der Waals surface area contributed by atoms with Crippen molar-refractivity contribution in [2.45, 2.75) is 52.1 Å². The maximum absolute atomic E-state index is 10.1. The van der Waals surface area contributed by atoms with Crippen molar-refractivity contribution < 1.29 is 5.11 Å². The third-order valence-corrected chi connectivity index (χ3v) is 3.85. The highest BCUT2D eigenvalue weighted by Crippen LogP contribution is 2.40. The molecule has 2 unspecified atom stereocenters. The van der Waals surface area contributed by atoms with Crippen LogP contribution in [0.15, 0.2) is 12.2 Å². The van der Waals surface area contributed by atoms with Gasteiger partial charge in [0.2, 0.25) is 0 Å². The van der Waals surface area contributed by atoms with Crippen LogP contribution in [0.5, 0.6) is 0 Å². The van der Waals surface area contributed by atoms with Crippen molar-refractivity contribution in [1.82, 2.24) is 0 Å². The number of hydrogen-bond acceptors (Lipinski definition) is 1. The summed E-state index contributed by atoms with van der Waals surface area (Å²) in [5.74, 6) is 3.11. The summed E-state index contributed by atoms with van der Waals surface area (Å²) in [6.07, 6.45) is 12.7. The van der Waals surface area contributed by atoms with Crippen molar-refractivity contribution in [3.8, 4) is 12.3 Å². The smallest absolute Gasteiger partial charge is 0.0936 e. The normalized spacial score (nSPS) is 31.3. The van der Waals surface area contributed by atoms with E-state index in [9.17, 15) is 5.11 Å². The van der Waals surface area contributed by atoms with Crippen molar-refractivity contribution in [3.05, 3.63) is 12.2 Å². The average Bonchev–Trinajstić information content (AvgIpc) is 2.18. The van der Waals surface area contributed by atoms with E-state index in [0.717, 1.165) is 19.3 Å². The molecular formula is C14H22O. The van der Waals surface area contributed by atoms with Crippen molar-refractivity contribution in [3.63, 3.8) is 0 Å². The Balaban J connectivity index is 2.71. The highest BCUT2D eigenvalue weighted by Gasteiger charge is 2.33. The van der Waals surface area contributed by atoms with E-state index < -0.39 is 5.60 Å². The zero-order chi connectivity index (χ0) is 11.5. The first-order valence-corrected chi connectivity index (χ1v) is 5.79. The third kappa shape index (κ3) is 2.86. The van der Waals surface area contributed by atoms with Crippen LogP contribution in [0.2, 0.25) is 0 Å². The van der Waals surface area contributed by atoms with E-state index in [2.05, 4.69) is 32.8 Å². The maximum atomic E-state index is 10.1. The predicted octanol–water partition coefficient (Wildman–Crippen LogP) is 3.14. The molecule has 0 heterocycles. The molecule has 0 saturated heterocycles. The monoisotopic (exact) mass is 206 g/mol. The van der Waals surface area contributed by atoms with E-state index in [1.807, 2.05) is 6.08 Å². The van der Waals surface area contributed by atoms with Gasteiger partial charge in [0.05, 0.1) is 5.60 Å². The molecular weight excluding hydrogens is 184 g/mol. The van der Waals surface area contributed by atoms with Gasteiger partial charge in [-0.15, -0.1) is 12.3 Å². The molecule has 1 aliphatic rings. The fourth-order valence-electron chi connectivity index (χ4n) is 2.12. The highest BCUT2D eigenvalue weighted by atomic mass is 16.3. The molecule has 84 valence electrons. The molecule has 1 heteroatoms. The molecule has 1 N–H and O–H groups in total. The Labute approximate surface area is 93.6 Å². The molecule has 0 aromatic carbocycles. The third-order valence-electron chi connectivity index (χ3n) is 3.85. The summed E-state index contributed by atoms with van der Waals surface area (Å²) in [6, 6.07) is 0. The summed E-state index contributed by atoms with van der Waals surface area (Å²) in [7, 11) is 0. The summed E-state index contributed by atoms with van der Waals surface area (Å²) in [5.41, 5.74) is -0.414. The second kappa shape index (κ2) is 4.41. The van der Waals surface area contributed by atoms with Gasteiger partial charge in [-0.05, 0) is 24.2 Å². The van der Waals surface area contributed by atoms with Gasteiger partial charge in [0.1, 0.15) is 0 Å². The minimum absolute atomic E-state index is 0.327. The summed E-state index contributed by atoms with van der Waals surface area (Å²) in [5, 5.41) is 10.1. The number of aliphatic hydroxyl groups is 1. The summed E-state index contributed by atoms with van der Waals surface area (Å²) < 4.78 is 0. The average molecular weight is 206 g/mol. The minimum Gasteiger partial charge on any atom is -0.385 e. The van der Waals surface area contributed by atoms with Gasteiger partial charge in [0, 0.05) is 6.42 Å². The number of hydrogen-bond donors (Lipinski definition) is 1. The lowest BCUT2D eigenvalue weighted by Gasteiger charge is -2.37. The van der Waals surface area contributed by atoms with E-state index in [-0.39, 0.29) is 0 Å². The molecule has 1 nitrogen and oxygen atoms in total. The van der Waals surface area contributed by atoms with Gasteiger partial charge in [-0.25, -0.2) is 0 Å². The quantitative estimate of drug-likeness (QED) is 0.555. The molecule has 0 bridgehead atoms. The van der Waals surface area contributed by atoms with E-state index in [0.29, 0.717) is 17.8 Å². The number of terminal acetylenes is 1. The Morgan fingerprint density at radius 1 is 1.60 bits per heavy atom. The molecule has 0 aromatic rings. The molecule has 15 heavy (non-hydrogen) atoms. The first-order chi connectivity index (χ1) is 6.93. The second-order valence-corrected chi connectivity index (χ2v) is 5.33. The first kappa shape index (κ1) is 12.3. The SMILES string of the molecule is C#CCC1(O)C=CC(C(C)(C)CC)CC1. The fraction of sp³-hybridized carbons (Fsp3) is 0.714. The second-order valence-electron chi connectivity index (χ2n) is 5.33. The van der Waals surface area contributed by atoms with Crippen LogP contribution < -0.4 is 0 Å². The largest absolute Gasteiger partial charge is 0.385 e. The number of rotatable bonds is 3. The Morgan fingerprint density at radius 3 is 2.67 bits per heavy atom. The van der Waals surface area contributed by atoms with Gasteiger partial charge in [0.15, 0.2) is 0 Å². The zero-order valence-electron chi connectivity index (χ0n) is 10.1. The van der Waals surface area contributed by atoms with Crippen LogP contribution >= 0.6 is 0 Å². The maximum Gasteiger partial charge on any atom is 0.0936 e. The van der Waals surface area contributed by atoms with Gasteiger partial charge in [-0.2, -0.15) is 0 Å². The predicted molar refractivity (Wildman–Crippen MR) is 64.3 cm³/mol. The molecule has 0 amide bonds. The van der Waals surface area contributed by atoms with Crippen LogP contribution in [0.25, 0.3) is 0 Å². The van der Waals surface area contributed by atoms with E-state index in [1.54, 1.807) is 0 Å². The molecule has 0 radical (unpaired) electrons. The summed E-state index contributed by atoms with van der Waals surface area (Å²) >= 11 is 0. The van der Waals surface area contributed by atoms with Crippen molar-refractivity contribution in [2.75, 3.05) is 0 Å². The molecule has 0 saturated carbocycles. The van der Waals surface area contributed by atoms with Crippen molar-refractivity contribution in [2.24, 2.45) is 11.3 Å². The molecule has 1 aliphatic carbocycles. The Bertz CT molecular complexity index is 282. The lowest BCUT2D eigenvalue weighted by molar-refractivity contribution is 0.0612. The van der Waals surface area contributed by atoms with Crippen LogP contribution in [-0.2, 0) is 0 Å². The van der Waals surface area contributed by atoms with Crippen molar-refractivity contribution >= 4 is 0 Å². The van der Waals surface area contributed by atoms with Gasteiger partial charge >= 0.3 is 0 Å². The van der Waals surface area contributed by atoms with Crippen LogP contribution in [0.1, 0.15) is 46.5 Å². The lowest BCUT2D eigenvalue weighted by atomic mass is 9.70. The van der Waals surface area contributed by atoms with Crippen LogP contribution in [-0.4, -0.2) is 10.7 Å². The highest BCUT2D eigenvalue weighted by molar-refractivity contribution is 5.13. The standard InChI is InChI=1S/C14H22O/c1-5-9-14(15)10-7-12(8-11-14)13(3,4)6-2/h1,7,10,12,15H,6,8-9,11H2,2-4H3. The van der Waals surface area contributed by atoms with Crippen molar-refractivity contribution in [1.29, 1.82) is 0 Å². The van der Waals surface area contributed by atoms with Crippen LogP contribution in [0, 0.1) is 23.7 Å². The molecule has 2 atom stereocenters. The Morgan fingerprint density at radius 2 is 2.27 bits per heavy atom. The molecule has 0 fully saturated rings. The topological polar surface area (TPSA) is 20.2 Å². The van der Waals surface area contributed by atoms with Gasteiger partial charge in [-0.1, -0.05) is 39.3 Å². The Kier molecular flexibility index (Phi) is 3.62. The van der Waals surface area contributed by atoms with Gasteiger partial charge in [0.25, 0.3) is 0 Å². The van der Waals surface area contributed by atoms with Gasteiger partial charge in [-0.3, -0.25) is 0 Å². The minimum atomic E-state index is -0.741. The van der Waals surface area contributed by atoms with Gasteiger partial charge < -0.3 is 5.11 Å². The zero-order valence-corrected chi connectivity index (χ0v) is 10.1. The first-order valence-electron chi connectivity index (χ1n) is 5.79. The number of allylic oxidation sites excluding steroid dienone is 1. The van der Waals surface area contributed by atoms with Crippen LogP contribution in [0.3, 0.4) is 0 Å². The Hall–Kier alpha value is -0.740. The van der Waals surface area contributed by atoms with E-state index >= 15 is 0 Å². The molecule has 0 aliphatic heterocycles.